The Bertz CT molecular complexity index is 382. The molecule has 3 rings (SSSR count). The Hall–Kier alpha value is -0.860. The number of benzene rings is 1. The van der Waals surface area contributed by atoms with Gasteiger partial charge in [-0.25, -0.2) is 0 Å². The molecular formula is C15H20O2. The maximum atomic E-state index is 10.4. The lowest BCUT2D eigenvalue weighted by atomic mass is 9.77. The summed E-state index contributed by atoms with van der Waals surface area (Å²) >= 11 is 0. The number of aliphatic hydroxyl groups excluding tert-OH is 1. The van der Waals surface area contributed by atoms with Gasteiger partial charge >= 0.3 is 0 Å². The summed E-state index contributed by atoms with van der Waals surface area (Å²) in [6.45, 7) is 1.80. The molecule has 1 aliphatic carbocycles. The van der Waals surface area contributed by atoms with Crippen molar-refractivity contribution in [2.24, 2.45) is 11.8 Å². The van der Waals surface area contributed by atoms with Crippen LogP contribution in [0.2, 0.25) is 0 Å². The molecule has 0 aromatic heterocycles. The lowest BCUT2D eigenvalue weighted by Gasteiger charge is -2.31. The first-order valence-corrected chi connectivity index (χ1v) is 6.68. The van der Waals surface area contributed by atoms with Crippen molar-refractivity contribution in [2.75, 3.05) is 13.2 Å². The highest BCUT2D eigenvalue weighted by Gasteiger charge is 2.30. The minimum Gasteiger partial charge on any atom is -0.388 e. The van der Waals surface area contributed by atoms with E-state index in [1.807, 2.05) is 6.07 Å². The molecule has 0 amide bonds. The molecule has 0 radical (unpaired) electrons. The van der Waals surface area contributed by atoms with E-state index in [-0.39, 0.29) is 6.10 Å². The minimum absolute atomic E-state index is 0.263. The summed E-state index contributed by atoms with van der Waals surface area (Å²) in [7, 11) is 0. The second kappa shape index (κ2) is 4.79. The van der Waals surface area contributed by atoms with E-state index in [0.29, 0.717) is 11.8 Å². The molecule has 1 aromatic carbocycles. The van der Waals surface area contributed by atoms with Gasteiger partial charge in [-0.15, -0.1) is 0 Å². The normalized spacial score (nSPS) is 32.4. The van der Waals surface area contributed by atoms with Gasteiger partial charge in [0, 0.05) is 13.2 Å². The van der Waals surface area contributed by atoms with Crippen molar-refractivity contribution in [1.29, 1.82) is 0 Å². The van der Waals surface area contributed by atoms with Gasteiger partial charge in [0.25, 0.3) is 0 Å². The molecule has 2 aliphatic rings. The fourth-order valence-electron chi connectivity index (χ4n) is 3.25. The number of ether oxygens (including phenoxy) is 1. The monoisotopic (exact) mass is 232 g/mol. The van der Waals surface area contributed by atoms with Crippen molar-refractivity contribution < 1.29 is 9.84 Å². The van der Waals surface area contributed by atoms with E-state index in [1.54, 1.807) is 0 Å². The zero-order valence-corrected chi connectivity index (χ0v) is 10.1. The van der Waals surface area contributed by atoms with Crippen LogP contribution in [-0.2, 0) is 11.2 Å². The zero-order chi connectivity index (χ0) is 11.7. The quantitative estimate of drug-likeness (QED) is 0.849. The summed E-state index contributed by atoms with van der Waals surface area (Å²) in [5, 5.41) is 10.4. The zero-order valence-electron chi connectivity index (χ0n) is 10.1. The van der Waals surface area contributed by atoms with Crippen molar-refractivity contribution in [3.63, 3.8) is 0 Å². The van der Waals surface area contributed by atoms with Crippen LogP contribution in [0.1, 0.15) is 36.5 Å². The average Bonchev–Trinajstić information content (AvgIpc) is 2.86. The fourth-order valence-corrected chi connectivity index (χ4v) is 3.25. The van der Waals surface area contributed by atoms with Gasteiger partial charge in [-0.1, -0.05) is 24.3 Å². The number of aryl methyl sites for hydroxylation is 1. The molecule has 0 saturated carbocycles. The Kier molecular flexibility index (Phi) is 3.17. The maximum absolute atomic E-state index is 10.4. The van der Waals surface area contributed by atoms with Gasteiger partial charge in [-0.2, -0.15) is 0 Å². The van der Waals surface area contributed by atoms with Crippen molar-refractivity contribution in [3.8, 4) is 0 Å². The van der Waals surface area contributed by atoms with Crippen LogP contribution >= 0.6 is 0 Å². The summed E-state index contributed by atoms with van der Waals surface area (Å²) in [5.74, 6) is 1.09. The number of fused-ring (bicyclic) bond motifs is 1. The molecule has 0 bridgehead atoms. The molecular weight excluding hydrogens is 212 g/mol. The highest BCUT2D eigenvalue weighted by molar-refractivity contribution is 5.31. The summed E-state index contributed by atoms with van der Waals surface area (Å²) < 4.78 is 5.42. The summed E-state index contributed by atoms with van der Waals surface area (Å²) in [5.41, 5.74) is 2.49. The Morgan fingerprint density at radius 3 is 2.94 bits per heavy atom. The van der Waals surface area contributed by atoms with E-state index < -0.39 is 0 Å². The summed E-state index contributed by atoms with van der Waals surface area (Å²) in [4.78, 5) is 0. The van der Waals surface area contributed by atoms with Gasteiger partial charge in [0.1, 0.15) is 0 Å². The Morgan fingerprint density at radius 2 is 2.12 bits per heavy atom. The fraction of sp³-hybridized carbons (Fsp3) is 0.600. The van der Waals surface area contributed by atoms with Crippen LogP contribution < -0.4 is 0 Å². The molecule has 1 N–H and O–H groups in total. The van der Waals surface area contributed by atoms with Crippen LogP contribution in [0.4, 0.5) is 0 Å². The lowest BCUT2D eigenvalue weighted by molar-refractivity contribution is 0.0752. The van der Waals surface area contributed by atoms with E-state index in [9.17, 15) is 5.11 Å². The molecule has 1 heterocycles. The second-order valence-corrected chi connectivity index (χ2v) is 5.41. The van der Waals surface area contributed by atoms with Crippen molar-refractivity contribution in [2.45, 2.75) is 31.8 Å². The van der Waals surface area contributed by atoms with Crippen LogP contribution in [0.3, 0.4) is 0 Å². The van der Waals surface area contributed by atoms with Gasteiger partial charge in [-0.05, 0) is 48.6 Å². The van der Waals surface area contributed by atoms with Crippen LogP contribution in [0.15, 0.2) is 24.3 Å². The van der Waals surface area contributed by atoms with E-state index >= 15 is 0 Å². The minimum atomic E-state index is -0.263. The van der Waals surface area contributed by atoms with Crippen LogP contribution in [0.25, 0.3) is 0 Å². The molecule has 0 spiro atoms. The Balaban J connectivity index is 1.72. The second-order valence-electron chi connectivity index (χ2n) is 5.41. The number of rotatable bonds is 2. The van der Waals surface area contributed by atoms with Gasteiger partial charge in [0.15, 0.2) is 0 Å². The molecule has 2 heteroatoms. The smallest absolute Gasteiger partial charge is 0.0821 e. The first kappa shape index (κ1) is 11.2. The van der Waals surface area contributed by atoms with Gasteiger partial charge in [0.05, 0.1) is 6.10 Å². The summed E-state index contributed by atoms with van der Waals surface area (Å²) in [6, 6.07) is 8.32. The van der Waals surface area contributed by atoms with Gasteiger partial charge < -0.3 is 9.84 Å². The van der Waals surface area contributed by atoms with E-state index in [4.69, 9.17) is 4.74 Å². The topological polar surface area (TPSA) is 29.5 Å². The third kappa shape index (κ3) is 2.24. The predicted molar refractivity (Wildman–Crippen MR) is 66.8 cm³/mol. The van der Waals surface area contributed by atoms with Crippen molar-refractivity contribution in [1.82, 2.24) is 0 Å². The van der Waals surface area contributed by atoms with Crippen LogP contribution in [-0.4, -0.2) is 18.3 Å². The van der Waals surface area contributed by atoms with Crippen LogP contribution in [0, 0.1) is 11.8 Å². The molecule has 1 saturated heterocycles. The van der Waals surface area contributed by atoms with Crippen molar-refractivity contribution in [3.05, 3.63) is 35.4 Å². The van der Waals surface area contributed by atoms with E-state index in [2.05, 4.69) is 18.2 Å². The van der Waals surface area contributed by atoms with Crippen LogP contribution in [0.5, 0.6) is 0 Å². The highest BCUT2D eigenvalue weighted by Crippen LogP contribution is 2.38. The van der Waals surface area contributed by atoms with Gasteiger partial charge in [0.2, 0.25) is 0 Å². The number of hydrogen-bond donors (Lipinski definition) is 1. The molecule has 3 atom stereocenters. The molecule has 3 unspecified atom stereocenters. The van der Waals surface area contributed by atoms with E-state index in [0.717, 1.165) is 38.0 Å². The van der Waals surface area contributed by atoms with E-state index in [1.165, 1.54) is 12.0 Å². The predicted octanol–water partition coefficient (Wildman–Crippen LogP) is 2.71. The molecule has 17 heavy (non-hydrogen) atoms. The number of aliphatic hydroxyl groups is 1. The van der Waals surface area contributed by atoms with Gasteiger partial charge in [-0.3, -0.25) is 0 Å². The first-order valence-electron chi connectivity index (χ1n) is 6.68. The average molecular weight is 232 g/mol. The highest BCUT2D eigenvalue weighted by atomic mass is 16.5. The number of hydrogen-bond acceptors (Lipinski definition) is 2. The molecule has 2 nitrogen and oxygen atoms in total. The SMILES string of the molecule is OC1c2ccccc2CCC1CC1CCOC1. The molecule has 1 aliphatic heterocycles. The lowest BCUT2D eigenvalue weighted by Crippen LogP contribution is -2.23. The molecule has 92 valence electrons. The third-order valence-electron chi connectivity index (χ3n) is 4.26. The van der Waals surface area contributed by atoms with Crippen molar-refractivity contribution >= 4 is 0 Å². The largest absolute Gasteiger partial charge is 0.388 e. The first-order chi connectivity index (χ1) is 8.34. The molecule has 1 fully saturated rings. The Morgan fingerprint density at radius 1 is 1.24 bits per heavy atom. The third-order valence-corrected chi connectivity index (χ3v) is 4.26. The summed E-state index contributed by atoms with van der Waals surface area (Å²) in [6.07, 6.45) is 4.26. The Labute approximate surface area is 103 Å². The standard InChI is InChI=1S/C15H20O2/c16-15-13(9-11-7-8-17-10-11)6-5-12-3-1-2-4-14(12)15/h1-4,11,13,15-16H,5-10H2. The molecule has 1 aromatic rings. The maximum Gasteiger partial charge on any atom is 0.0821 e.